The van der Waals surface area contributed by atoms with Crippen molar-refractivity contribution in [3.63, 3.8) is 0 Å². The van der Waals surface area contributed by atoms with E-state index in [9.17, 15) is 4.39 Å². The second kappa shape index (κ2) is 8.59. The number of hydrogen-bond acceptors (Lipinski definition) is 6. The molecule has 25 heavy (non-hydrogen) atoms. The number of alkyl halides is 1. The molecule has 3 aliphatic heterocycles. The van der Waals surface area contributed by atoms with Crippen LogP contribution in [0.1, 0.15) is 32.1 Å². The Bertz CT molecular complexity index is 402. The molecule has 1 saturated carbocycles. The zero-order valence-electron chi connectivity index (χ0n) is 15.4. The summed E-state index contributed by atoms with van der Waals surface area (Å²) in [5.41, 5.74) is 6.89. The molecule has 0 spiro atoms. The predicted octanol–water partition coefficient (Wildman–Crippen LogP) is 0.0914. The van der Waals surface area contributed by atoms with E-state index in [1.54, 1.807) is 0 Å². The van der Waals surface area contributed by atoms with Crippen LogP contribution < -0.4 is 21.5 Å². The minimum absolute atomic E-state index is 0.370. The molecular weight excluding hydrogens is 319 g/mol. The van der Waals surface area contributed by atoms with Crippen LogP contribution in [0, 0.1) is 11.8 Å². The van der Waals surface area contributed by atoms with Crippen molar-refractivity contribution in [1.29, 1.82) is 0 Å². The molecule has 1 aliphatic carbocycles. The highest BCUT2D eigenvalue weighted by Gasteiger charge is 2.37. The van der Waals surface area contributed by atoms with E-state index < -0.39 is 6.17 Å². The molecule has 6 nitrogen and oxygen atoms in total. The number of hydrazine groups is 1. The summed E-state index contributed by atoms with van der Waals surface area (Å²) in [5, 5.41) is 7.15. The normalized spacial score (nSPS) is 39.7. The molecule has 4 aliphatic rings. The van der Waals surface area contributed by atoms with Crippen LogP contribution in [0.4, 0.5) is 4.39 Å². The molecule has 2 atom stereocenters. The van der Waals surface area contributed by atoms with Crippen molar-refractivity contribution in [2.45, 2.75) is 50.6 Å². The Morgan fingerprint density at radius 1 is 0.920 bits per heavy atom. The van der Waals surface area contributed by atoms with Gasteiger partial charge in [0.05, 0.1) is 0 Å². The predicted molar refractivity (Wildman–Crippen MR) is 97.7 cm³/mol. The summed E-state index contributed by atoms with van der Waals surface area (Å²) in [6, 6.07) is 0.521. The Balaban J connectivity index is 1.23. The molecule has 7 heteroatoms. The van der Waals surface area contributed by atoms with Gasteiger partial charge in [0.2, 0.25) is 0 Å². The Hall–Kier alpha value is -0.310. The van der Waals surface area contributed by atoms with Gasteiger partial charge in [-0.2, -0.15) is 0 Å². The first-order valence-corrected chi connectivity index (χ1v) is 10.4. The quantitative estimate of drug-likeness (QED) is 0.574. The van der Waals surface area contributed by atoms with Crippen LogP contribution in [0.3, 0.4) is 0 Å². The van der Waals surface area contributed by atoms with Gasteiger partial charge in [0.25, 0.3) is 0 Å². The van der Waals surface area contributed by atoms with Crippen molar-refractivity contribution in [3.05, 3.63) is 0 Å². The standard InChI is InChI=1S/C18H35FN6/c19-16-4-2-14(3-5-16)17-15(12-22-23-17)13-24-8-10-25(11-9-24)18-20-6-1-7-21-18/h14-18,20-23H,1-13H2. The van der Waals surface area contributed by atoms with Crippen molar-refractivity contribution in [2.75, 3.05) is 52.4 Å². The number of nitrogens with one attached hydrogen (secondary N) is 4. The number of hydrogen-bond donors (Lipinski definition) is 4. The first-order chi connectivity index (χ1) is 12.3. The Morgan fingerprint density at radius 2 is 1.64 bits per heavy atom. The van der Waals surface area contributed by atoms with Crippen LogP contribution >= 0.6 is 0 Å². The summed E-state index contributed by atoms with van der Waals surface area (Å²) in [6.45, 7) is 9.04. The molecular formula is C18H35FN6. The van der Waals surface area contributed by atoms with Crippen molar-refractivity contribution in [1.82, 2.24) is 31.3 Å². The fraction of sp³-hybridized carbons (Fsp3) is 1.00. The molecule has 0 radical (unpaired) electrons. The molecule has 0 aromatic rings. The molecule has 144 valence electrons. The van der Waals surface area contributed by atoms with Gasteiger partial charge in [-0.25, -0.2) is 4.39 Å². The summed E-state index contributed by atoms with van der Waals surface area (Å²) < 4.78 is 13.4. The van der Waals surface area contributed by atoms with Gasteiger partial charge in [-0.05, 0) is 51.1 Å². The van der Waals surface area contributed by atoms with Gasteiger partial charge in [-0.15, -0.1) is 0 Å². The lowest BCUT2D eigenvalue weighted by molar-refractivity contribution is 0.0479. The molecule has 0 aromatic heterocycles. The van der Waals surface area contributed by atoms with Gasteiger partial charge in [0.15, 0.2) is 0 Å². The van der Waals surface area contributed by atoms with E-state index in [0.717, 1.165) is 71.5 Å². The largest absolute Gasteiger partial charge is 0.300 e. The SMILES string of the molecule is FC1CCC(C2NNCC2CN2CCN(C3NCCCN3)CC2)CC1. The fourth-order valence-electron chi connectivity index (χ4n) is 5.10. The van der Waals surface area contributed by atoms with Crippen LogP contribution in [0.2, 0.25) is 0 Å². The Labute approximate surface area is 151 Å². The summed E-state index contributed by atoms with van der Waals surface area (Å²) in [4.78, 5) is 5.17. The minimum atomic E-state index is -0.556. The number of nitrogens with zero attached hydrogens (tertiary/aromatic N) is 2. The number of rotatable bonds is 4. The number of piperazine rings is 1. The fourth-order valence-corrected chi connectivity index (χ4v) is 5.10. The average Bonchev–Trinajstić information content (AvgIpc) is 3.12. The molecule has 0 bridgehead atoms. The lowest BCUT2D eigenvalue weighted by Crippen LogP contribution is -2.63. The Kier molecular flexibility index (Phi) is 6.21. The molecule has 4 N–H and O–H groups in total. The third-order valence-corrected chi connectivity index (χ3v) is 6.64. The Morgan fingerprint density at radius 3 is 2.36 bits per heavy atom. The van der Waals surface area contributed by atoms with Crippen LogP contribution in [0.5, 0.6) is 0 Å². The maximum Gasteiger partial charge on any atom is 0.114 e. The zero-order chi connectivity index (χ0) is 17.1. The van der Waals surface area contributed by atoms with Crippen molar-refractivity contribution < 1.29 is 4.39 Å². The third-order valence-electron chi connectivity index (χ3n) is 6.64. The van der Waals surface area contributed by atoms with E-state index >= 15 is 0 Å². The van der Waals surface area contributed by atoms with Crippen LogP contribution in [0.15, 0.2) is 0 Å². The molecule has 4 rings (SSSR count). The van der Waals surface area contributed by atoms with E-state index in [4.69, 9.17) is 0 Å². The van der Waals surface area contributed by atoms with Crippen LogP contribution in [-0.2, 0) is 0 Å². The molecule has 3 saturated heterocycles. The first kappa shape index (κ1) is 18.1. The highest BCUT2D eigenvalue weighted by Crippen LogP contribution is 2.32. The smallest absolute Gasteiger partial charge is 0.114 e. The molecule has 2 unspecified atom stereocenters. The van der Waals surface area contributed by atoms with E-state index in [1.807, 2.05) is 0 Å². The maximum absolute atomic E-state index is 13.4. The topological polar surface area (TPSA) is 54.6 Å². The minimum Gasteiger partial charge on any atom is -0.300 e. The number of halogens is 1. The van der Waals surface area contributed by atoms with E-state index in [2.05, 4.69) is 31.3 Å². The van der Waals surface area contributed by atoms with Gasteiger partial charge in [-0.3, -0.25) is 26.4 Å². The molecule has 0 aromatic carbocycles. The van der Waals surface area contributed by atoms with E-state index in [-0.39, 0.29) is 0 Å². The van der Waals surface area contributed by atoms with E-state index in [0.29, 0.717) is 24.2 Å². The van der Waals surface area contributed by atoms with Gasteiger partial charge in [0, 0.05) is 51.2 Å². The van der Waals surface area contributed by atoms with Crippen LogP contribution in [0.25, 0.3) is 0 Å². The third kappa shape index (κ3) is 4.51. The summed E-state index contributed by atoms with van der Waals surface area (Å²) in [6.07, 6.45) is 4.65. The monoisotopic (exact) mass is 354 g/mol. The van der Waals surface area contributed by atoms with Gasteiger partial charge in [0.1, 0.15) is 12.5 Å². The van der Waals surface area contributed by atoms with Crippen molar-refractivity contribution >= 4 is 0 Å². The summed E-state index contributed by atoms with van der Waals surface area (Å²) >= 11 is 0. The lowest BCUT2D eigenvalue weighted by atomic mass is 9.79. The first-order valence-electron chi connectivity index (χ1n) is 10.4. The highest BCUT2D eigenvalue weighted by molar-refractivity contribution is 4.92. The molecule has 4 fully saturated rings. The lowest BCUT2D eigenvalue weighted by Gasteiger charge is -2.42. The second-order valence-corrected chi connectivity index (χ2v) is 8.32. The summed E-state index contributed by atoms with van der Waals surface area (Å²) in [7, 11) is 0. The second-order valence-electron chi connectivity index (χ2n) is 8.32. The zero-order valence-corrected chi connectivity index (χ0v) is 15.4. The van der Waals surface area contributed by atoms with Gasteiger partial charge in [-0.1, -0.05) is 0 Å². The van der Waals surface area contributed by atoms with E-state index in [1.165, 1.54) is 13.0 Å². The molecule has 3 heterocycles. The highest BCUT2D eigenvalue weighted by atomic mass is 19.1. The van der Waals surface area contributed by atoms with Crippen LogP contribution in [-0.4, -0.2) is 80.7 Å². The summed E-state index contributed by atoms with van der Waals surface area (Å²) in [5.74, 6) is 1.29. The average molecular weight is 355 g/mol. The van der Waals surface area contributed by atoms with Gasteiger partial charge < -0.3 is 4.90 Å². The molecule has 0 amide bonds. The van der Waals surface area contributed by atoms with Gasteiger partial charge >= 0.3 is 0 Å². The van der Waals surface area contributed by atoms with Crippen molar-refractivity contribution in [3.8, 4) is 0 Å². The van der Waals surface area contributed by atoms with Crippen molar-refractivity contribution in [2.24, 2.45) is 11.8 Å². The maximum atomic E-state index is 13.4.